The van der Waals surface area contributed by atoms with Crippen molar-refractivity contribution in [2.75, 3.05) is 26.9 Å². The third-order valence-electron chi connectivity index (χ3n) is 5.04. The zero-order valence-corrected chi connectivity index (χ0v) is 19.8. The smallest absolute Gasteiger partial charge is 0.332 e. The summed E-state index contributed by atoms with van der Waals surface area (Å²) in [7, 11) is -2.07. The van der Waals surface area contributed by atoms with Gasteiger partial charge in [0.1, 0.15) is 18.0 Å². The van der Waals surface area contributed by atoms with E-state index in [-0.39, 0.29) is 12.6 Å². The molecule has 0 N–H and O–H groups in total. The lowest BCUT2D eigenvalue weighted by Gasteiger charge is -2.35. The maximum Gasteiger partial charge on any atom is 0.332 e. The van der Waals surface area contributed by atoms with Crippen LogP contribution in [0.4, 0.5) is 0 Å². The molecule has 2 rings (SSSR count). The van der Waals surface area contributed by atoms with Gasteiger partial charge < -0.3 is 14.2 Å². The molecule has 0 unspecified atom stereocenters. The minimum atomic E-state index is -3.64. The van der Waals surface area contributed by atoms with Gasteiger partial charge in [-0.25, -0.2) is 13.2 Å². The van der Waals surface area contributed by atoms with Crippen LogP contribution in [0.25, 0.3) is 0 Å². The zero-order chi connectivity index (χ0) is 22.5. The van der Waals surface area contributed by atoms with Gasteiger partial charge in [0, 0.05) is 19.2 Å². The van der Waals surface area contributed by atoms with E-state index < -0.39 is 21.6 Å². The van der Waals surface area contributed by atoms with Crippen molar-refractivity contribution in [2.45, 2.75) is 76.8 Å². The Labute approximate surface area is 180 Å². The van der Waals surface area contributed by atoms with Crippen LogP contribution in [0.5, 0.6) is 5.75 Å². The van der Waals surface area contributed by atoms with E-state index >= 15 is 0 Å². The molecular weight excluding hydrogens is 406 g/mol. The normalized spacial score (nSPS) is 18.3. The van der Waals surface area contributed by atoms with E-state index in [9.17, 15) is 13.2 Å². The maximum absolute atomic E-state index is 13.5. The largest absolute Gasteiger partial charge is 0.497 e. The van der Waals surface area contributed by atoms with E-state index in [1.807, 2.05) is 0 Å². The molecule has 0 bridgehead atoms. The molecule has 1 aliphatic rings. The Hall–Kier alpha value is -1.64. The summed E-state index contributed by atoms with van der Waals surface area (Å²) in [5, 5.41) is 0. The number of carbonyl (C=O) groups excluding carboxylic acids is 1. The Morgan fingerprint density at radius 1 is 1.17 bits per heavy atom. The van der Waals surface area contributed by atoms with E-state index in [0.29, 0.717) is 41.3 Å². The molecule has 1 heterocycles. The summed E-state index contributed by atoms with van der Waals surface area (Å²) in [4.78, 5) is 12.1. The monoisotopic (exact) mass is 441 g/mol. The summed E-state index contributed by atoms with van der Waals surface area (Å²) in [6.07, 6.45) is 3.13. The van der Waals surface area contributed by atoms with Crippen molar-refractivity contribution in [1.29, 1.82) is 0 Å². The highest BCUT2D eigenvalue weighted by Gasteiger charge is 2.35. The van der Waals surface area contributed by atoms with Gasteiger partial charge in [0.05, 0.1) is 12.0 Å². The fourth-order valence-electron chi connectivity index (χ4n) is 3.88. The van der Waals surface area contributed by atoms with Gasteiger partial charge in [-0.1, -0.05) is 6.42 Å². The number of carbonyl (C=O) groups is 1. The predicted molar refractivity (Wildman–Crippen MR) is 115 cm³/mol. The van der Waals surface area contributed by atoms with Crippen molar-refractivity contribution in [3.8, 4) is 5.75 Å². The van der Waals surface area contributed by atoms with Crippen LogP contribution in [0.2, 0.25) is 0 Å². The van der Waals surface area contributed by atoms with Gasteiger partial charge in [0.25, 0.3) is 0 Å². The highest BCUT2D eigenvalue weighted by Crippen LogP contribution is 2.32. The topological polar surface area (TPSA) is 82.1 Å². The Bertz CT molecular complexity index is 821. The first-order valence-corrected chi connectivity index (χ1v) is 11.9. The van der Waals surface area contributed by atoms with Gasteiger partial charge in [0.2, 0.25) is 10.0 Å². The van der Waals surface area contributed by atoms with E-state index in [2.05, 4.69) is 0 Å². The number of aryl methyl sites for hydroxylation is 2. The van der Waals surface area contributed by atoms with Crippen LogP contribution in [0.3, 0.4) is 0 Å². The average Bonchev–Trinajstić information content (AvgIpc) is 2.63. The molecule has 1 aliphatic heterocycles. The van der Waals surface area contributed by atoms with E-state index in [1.54, 1.807) is 58.2 Å². The quantitative estimate of drug-likeness (QED) is 0.453. The van der Waals surface area contributed by atoms with E-state index in [0.717, 1.165) is 19.3 Å². The molecule has 1 fully saturated rings. The first kappa shape index (κ1) is 24.6. The van der Waals surface area contributed by atoms with Crippen molar-refractivity contribution in [2.24, 2.45) is 0 Å². The molecule has 8 heteroatoms. The SMILES string of the molecule is COc1cc(C)c(S(=O)(=O)N2CCCC[C@@H]2CCOCC(=O)OC(C)(C)C)c(C)c1. The molecule has 1 saturated heterocycles. The molecule has 0 spiro atoms. The van der Waals surface area contributed by atoms with Crippen LogP contribution >= 0.6 is 0 Å². The van der Waals surface area contributed by atoms with Crippen LogP contribution in [0.15, 0.2) is 17.0 Å². The molecule has 170 valence electrons. The molecule has 1 aromatic carbocycles. The second-order valence-corrected chi connectivity index (χ2v) is 10.6. The van der Waals surface area contributed by atoms with Gasteiger partial charge >= 0.3 is 5.97 Å². The van der Waals surface area contributed by atoms with Crippen LogP contribution in [-0.2, 0) is 24.3 Å². The lowest BCUT2D eigenvalue weighted by molar-refractivity contribution is -0.160. The number of esters is 1. The summed E-state index contributed by atoms with van der Waals surface area (Å²) in [5.41, 5.74) is 0.803. The fraction of sp³-hybridized carbons (Fsp3) is 0.682. The van der Waals surface area contributed by atoms with Gasteiger partial charge in [-0.3, -0.25) is 0 Å². The van der Waals surface area contributed by atoms with Crippen molar-refractivity contribution in [3.05, 3.63) is 23.3 Å². The number of piperidine rings is 1. The summed E-state index contributed by atoms with van der Waals surface area (Å²) >= 11 is 0. The Morgan fingerprint density at radius 3 is 2.37 bits per heavy atom. The van der Waals surface area contributed by atoms with Crippen molar-refractivity contribution >= 4 is 16.0 Å². The van der Waals surface area contributed by atoms with Crippen LogP contribution < -0.4 is 4.74 Å². The third kappa shape index (κ3) is 6.43. The fourth-order valence-corrected chi connectivity index (χ4v) is 6.02. The summed E-state index contributed by atoms with van der Waals surface area (Å²) in [6, 6.07) is 3.36. The molecule has 1 atom stereocenters. The molecule has 0 radical (unpaired) electrons. The standard InChI is InChI=1S/C22H35NO6S/c1-16-13-19(27-6)14-17(2)21(16)30(25,26)23-11-8-7-9-18(23)10-12-28-15-20(24)29-22(3,4)5/h13-14,18H,7-12,15H2,1-6H3/t18-/m1/s1. The van der Waals surface area contributed by atoms with Crippen molar-refractivity contribution < 1.29 is 27.4 Å². The number of sulfonamides is 1. The summed E-state index contributed by atoms with van der Waals surface area (Å²) in [5.74, 6) is 0.231. The minimum absolute atomic E-state index is 0.132. The van der Waals surface area contributed by atoms with Crippen molar-refractivity contribution in [1.82, 2.24) is 4.31 Å². The number of hydrogen-bond acceptors (Lipinski definition) is 6. The van der Waals surface area contributed by atoms with Gasteiger partial charge in [-0.15, -0.1) is 0 Å². The molecule has 0 aliphatic carbocycles. The second-order valence-electron chi connectivity index (χ2n) is 8.78. The Balaban J connectivity index is 2.07. The number of nitrogens with zero attached hydrogens (tertiary/aromatic N) is 1. The summed E-state index contributed by atoms with van der Waals surface area (Å²) in [6.45, 7) is 9.67. The molecule has 1 aromatic rings. The number of rotatable bonds is 8. The van der Waals surface area contributed by atoms with Gasteiger partial charge in [0.15, 0.2) is 0 Å². The van der Waals surface area contributed by atoms with Crippen LogP contribution in [0.1, 0.15) is 57.6 Å². The molecule has 30 heavy (non-hydrogen) atoms. The number of methoxy groups -OCH3 is 1. The Morgan fingerprint density at radius 2 is 1.80 bits per heavy atom. The Kier molecular flexibility index (Phi) is 8.30. The molecule has 0 amide bonds. The molecule has 0 saturated carbocycles. The second kappa shape index (κ2) is 10.1. The van der Waals surface area contributed by atoms with Crippen LogP contribution in [-0.4, -0.2) is 57.2 Å². The number of ether oxygens (including phenoxy) is 3. The number of benzene rings is 1. The molecular formula is C22H35NO6S. The minimum Gasteiger partial charge on any atom is -0.497 e. The lowest BCUT2D eigenvalue weighted by atomic mass is 10.0. The zero-order valence-electron chi connectivity index (χ0n) is 19.0. The van der Waals surface area contributed by atoms with Gasteiger partial charge in [-0.05, 0) is 77.1 Å². The predicted octanol–water partition coefficient (Wildman–Crippen LogP) is 3.60. The molecule has 0 aromatic heterocycles. The van der Waals surface area contributed by atoms with E-state index in [4.69, 9.17) is 14.2 Å². The number of hydrogen-bond donors (Lipinski definition) is 0. The molecule has 7 nitrogen and oxygen atoms in total. The van der Waals surface area contributed by atoms with Gasteiger partial charge in [-0.2, -0.15) is 4.31 Å². The highest BCUT2D eigenvalue weighted by molar-refractivity contribution is 7.89. The maximum atomic E-state index is 13.5. The van der Waals surface area contributed by atoms with Crippen LogP contribution in [0, 0.1) is 13.8 Å². The third-order valence-corrected chi connectivity index (χ3v) is 7.30. The highest BCUT2D eigenvalue weighted by atomic mass is 32.2. The van der Waals surface area contributed by atoms with E-state index in [1.165, 1.54) is 0 Å². The summed E-state index contributed by atoms with van der Waals surface area (Å²) < 4.78 is 44.6. The lowest BCUT2D eigenvalue weighted by Crippen LogP contribution is -2.44. The van der Waals surface area contributed by atoms with Crippen molar-refractivity contribution in [3.63, 3.8) is 0 Å². The first-order chi connectivity index (χ1) is 14.0. The average molecular weight is 442 g/mol. The first-order valence-electron chi connectivity index (χ1n) is 10.4.